The van der Waals surface area contributed by atoms with E-state index in [0.29, 0.717) is 12.1 Å². The molecule has 0 saturated heterocycles. The second-order valence-electron chi connectivity index (χ2n) is 2.72. The number of esters is 1. The van der Waals surface area contributed by atoms with Gasteiger partial charge in [-0.25, -0.2) is 4.79 Å². The molecular formula is C9H10ClNO2. The average Bonchev–Trinajstić information content (AvgIpc) is 2.44. The van der Waals surface area contributed by atoms with Gasteiger partial charge in [-0.2, -0.15) is 0 Å². The molecule has 13 heavy (non-hydrogen) atoms. The van der Waals surface area contributed by atoms with Gasteiger partial charge in [0.05, 0.1) is 5.56 Å². The molecule has 0 bridgehead atoms. The van der Waals surface area contributed by atoms with Gasteiger partial charge >= 0.3 is 5.97 Å². The van der Waals surface area contributed by atoms with Gasteiger partial charge in [0.25, 0.3) is 0 Å². The number of rotatable bonds is 1. The van der Waals surface area contributed by atoms with E-state index in [1.54, 1.807) is 6.07 Å². The molecule has 1 aliphatic heterocycles. The minimum Gasteiger partial charge on any atom is -0.452 e. The first-order valence-electron chi connectivity index (χ1n) is 3.83. The molecule has 1 aromatic rings. The Labute approximate surface area is 82.3 Å². The summed E-state index contributed by atoms with van der Waals surface area (Å²) < 4.78 is 5.02. The Bertz CT molecular complexity index is 327. The lowest BCUT2D eigenvalue weighted by molar-refractivity contribution is 0.0403. The zero-order valence-corrected chi connectivity index (χ0v) is 7.71. The summed E-state index contributed by atoms with van der Waals surface area (Å²) in [6.45, 7) is 0.350. The molecule has 4 heteroatoms. The molecule has 1 unspecified atom stereocenters. The molecule has 1 aromatic carbocycles. The Hall–Kier alpha value is -1.06. The predicted molar refractivity (Wildman–Crippen MR) is 50.9 cm³/mol. The lowest BCUT2D eigenvalue weighted by Gasteiger charge is -2.05. The molecule has 0 saturated carbocycles. The number of hydrogen-bond acceptors (Lipinski definition) is 3. The maximum absolute atomic E-state index is 11.2. The Kier molecular flexibility index (Phi) is 2.90. The number of carbonyl (C=O) groups is 1. The highest BCUT2D eigenvalue weighted by atomic mass is 35.5. The van der Waals surface area contributed by atoms with E-state index in [9.17, 15) is 4.79 Å². The van der Waals surface area contributed by atoms with Crippen LogP contribution in [0.2, 0.25) is 0 Å². The fraction of sp³-hybridized carbons (Fsp3) is 0.222. The van der Waals surface area contributed by atoms with Crippen molar-refractivity contribution in [2.24, 2.45) is 5.73 Å². The molecule has 2 N–H and O–H groups in total. The molecule has 1 atom stereocenters. The van der Waals surface area contributed by atoms with Crippen molar-refractivity contribution in [1.82, 2.24) is 0 Å². The number of benzene rings is 1. The number of cyclic esters (lactones) is 1. The minimum absolute atomic E-state index is 0. The monoisotopic (exact) mass is 199 g/mol. The van der Waals surface area contributed by atoms with Crippen LogP contribution in [0.5, 0.6) is 0 Å². The Morgan fingerprint density at radius 1 is 1.38 bits per heavy atom. The molecule has 1 heterocycles. The largest absolute Gasteiger partial charge is 0.452 e. The van der Waals surface area contributed by atoms with Crippen molar-refractivity contribution < 1.29 is 9.53 Å². The third-order valence-electron chi connectivity index (χ3n) is 1.99. The summed E-state index contributed by atoms with van der Waals surface area (Å²) in [5.41, 5.74) is 6.99. The van der Waals surface area contributed by atoms with E-state index in [0.717, 1.165) is 5.56 Å². The van der Waals surface area contributed by atoms with Gasteiger partial charge in [0.2, 0.25) is 0 Å². The zero-order valence-electron chi connectivity index (χ0n) is 6.90. The van der Waals surface area contributed by atoms with E-state index in [1.165, 1.54) is 0 Å². The topological polar surface area (TPSA) is 52.3 Å². The van der Waals surface area contributed by atoms with E-state index >= 15 is 0 Å². The van der Waals surface area contributed by atoms with Crippen molar-refractivity contribution in [3.05, 3.63) is 35.4 Å². The molecule has 70 valence electrons. The van der Waals surface area contributed by atoms with Crippen LogP contribution in [-0.2, 0) is 4.74 Å². The van der Waals surface area contributed by atoms with Gasteiger partial charge in [-0.3, -0.25) is 0 Å². The van der Waals surface area contributed by atoms with Gasteiger partial charge in [-0.1, -0.05) is 18.2 Å². The molecule has 3 nitrogen and oxygen atoms in total. The summed E-state index contributed by atoms with van der Waals surface area (Å²) in [5.74, 6) is -0.263. The van der Waals surface area contributed by atoms with Crippen LogP contribution in [0.3, 0.4) is 0 Å². The normalized spacial score (nSPS) is 18.8. The van der Waals surface area contributed by atoms with Crippen molar-refractivity contribution >= 4 is 18.4 Å². The van der Waals surface area contributed by atoms with Crippen molar-refractivity contribution in [2.75, 3.05) is 6.54 Å². The average molecular weight is 200 g/mol. The van der Waals surface area contributed by atoms with Gasteiger partial charge in [0, 0.05) is 12.1 Å². The Morgan fingerprint density at radius 3 is 2.77 bits per heavy atom. The van der Waals surface area contributed by atoms with Crippen LogP contribution in [0.1, 0.15) is 22.0 Å². The summed E-state index contributed by atoms with van der Waals surface area (Å²) in [6, 6.07) is 7.33. The maximum Gasteiger partial charge on any atom is 0.339 e. The summed E-state index contributed by atoms with van der Waals surface area (Å²) in [6.07, 6.45) is -0.242. The van der Waals surface area contributed by atoms with Gasteiger partial charge in [0.1, 0.15) is 6.10 Å². The van der Waals surface area contributed by atoms with Crippen molar-refractivity contribution in [3.63, 3.8) is 0 Å². The number of nitrogens with two attached hydrogens (primary N) is 1. The van der Waals surface area contributed by atoms with Crippen LogP contribution in [0.15, 0.2) is 24.3 Å². The predicted octanol–water partition coefficient (Wildman–Crippen LogP) is 1.28. The molecule has 0 radical (unpaired) electrons. The fourth-order valence-corrected chi connectivity index (χ4v) is 1.39. The number of fused-ring (bicyclic) bond motifs is 1. The first-order chi connectivity index (χ1) is 5.83. The van der Waals surface area contributed by atoms with Crippen LogP contribution in [-0.4, -0.2) is 12.5 Å². The highest BCUT2D eigenvalue weighted by molar-refractivity contribution is 5.93. The van der Waals surface area contributed by atoms with E-state index in [1.807, 2.05) is 18.2 Å². The molecular weight excluding hydrogens is 190 g/mol. The number of ether oxygens (including phenoxy) is 1. The van der Waals surface area contributed by atoms with Crippen LogP contribution in [0.25, 0.3) is 0 Å². The SMILES string of the molecule is Cl.NCC1OC(=O)c2ccccc21. The molecule has 0 amide bonds. The summed E-state index contributed by atoms with van der Waals surface area (Å²) >= 11 is 0. The first kappa shape index (κ1) is 10.0. The second kappa shape index (κ2) is 3.77. The van der Waals surface area contributed by atoms with E-state index < -0.39 is 0 Å². The maximum atomic E-state index is 11.2. The highest BCUT2D eigenvalue weighted by Gasteiger charge is 2.28. The van der Waals surface area contributed by atoms with Crippen LogP contribution >= 0.6 is 12.4 Å². The minimum atomic E-state index is -0.263. The third-order valence-corrected chi connectivity index (χ3v) is 1.99. The molecule has 1 aliphatic rings. The van der Waals surface area contributed by atoms with Crippen LogP contribution < -0.4 is 5.73 Å². The second-order valence-corrected chi connectivity index (χ2v) is 2.72. The lowest BCUT2D eigenvalue weighted by atomic mass is 10.1. The Morgan fingerprint density at radius 2 is 2.08 bits per heavy atom. The standard InChI is InChI=1S/C9H9NO2.ClH/c10-5-8-6-3-1-2-4-7(6)9(11)12-8;/h1-4,8H,5,10H2;1H. The van der Waals surface area contributed by atoms with Gasteiger partial charge in [-0.05, 0) is 6.07 Å². The third kappa shape index (κ3) is 1.53. The lowest BCUT2D eigenvalue weighted by Crippen LogP contribution is -2.11. The number of hydrogen-bond donors (Lipinski definition) is 1. The zero-order chi connectivity index (χ0) is 8.55. The van der Waals surface area contributed by atoms with Crippen molar-refractivity contribution in [3.8, 4) is 0 Å². The van der Waals surface area contributed by atoms with E-state index in [4.69, 9.17) is 10.5 Å². The summed E-state index contributed by atoms with van der Waals surface area (Å²) in [4.78, 5) is 11.2. The van der Waals surface area contributed by atoms with Crippen molar-refractivity contribution in [2.45, 2.75) is 6.10 Å². The van der Waals surface area contributed by atoms with Gasteiger partial charge in [0.15, 0.2) is 0 Å². The van der Waals surface area contributed by atoms with Gasteiger partial charge in [-0.15, -0.1) is 12.4 Å². The van der Waals surface area contributed by atoms with Crippen LogP contribution in [0, 0.1) is 0 Å². The Balaban J connectivity index is 0.000000845. The molecule has 0 aliphatic carbocycles. The fourth-order valence-electron chi connectivity index (χ4n) is 1.39. The number of carbonyl (C=O) groups excluding carboxylic acids is 1. The highest BCUT2D eigenvalue weighted by Crippen LogP contribution is 2.28. The molecule has 2 rings (SSSR count). The van der Waals surface area contributed by atoms with Gasteiger partial charge < -0.3 is 10.5 Å². The van der Waals surface area contributed by atoms with E-state index in [2.05, 4.69) is 0 Å². The quantitative estimate of drug-likeness (QED) is 0.694. The van der Waals surface area contributed by atoms with E-state index in [-0.39, 0.29) is 24.5 Å². The smallest absolute Gasteiger partial charge is 0.339 e. The summed E-state index contributed by atoms with van der Waals surface area (Å²) in [5, 5.41) is 0. The molecule has 0 spiro atoms. The molecule has 0 fully saturated rings. The van der Waals surface area contributed by atoms with Crippen LogP contribution in [0.4, 0.5) is 0 Å². The molecule has 0 aromatic heterocycles. The first-order valence-corrected chi connectivity index (χ1v) is 3.83. The number of halogens is 1. The van der Waals surface area contributed by atoms with Crippen molar-refractivity contribution in [1.29, 1.82) is 0 Å². The summed E-state index contributed by atoms with van der Waals surface area (Å²) in [7, 11) is 0.